The second kappa shape index (κ2) is 5.89. The number of hydrogen-bond donors (Lipinski definition) is 0. The van der Waals surface area contributed by atoms with Crippen LogP contribution in [0.5, 0.6) is 5.75 Å². The molecule has 0 amide bonds. The number of benzene rings is 2. The Kier molecular flexibility index (Phi) is 4.23. The highest BCUT2D eigenvalue weighted by molar-refractivity contribution is 6.35. The molecule has 0 aliphatic rings. The molecule has 0 heterocycles. The lowest BCUT2D eigenvalue weighted by Gasteiger charge is -2.06. The third kappa shape index (κ3) is 3.15. The summed E-state index contributed by atoms with van der Waals surface area (Å²) in [7, 11) is 0. The van der Waals surface area contributed by atoms with Crippen LogP contribution in [0.4, 0.5) is 0 Å². The first-order valence-corrected chi connectivity index (χ1v) is 6.53. The van der Waals surface area contributed by atoms with Gasteiger partial charge in [0.25, 0.3) is 0 Å². The van der Waals surface area contributed by atoms with E-state index >= 15 is 0 Å². The summed E-state index contributed by atoms with van der Waals surface area (Å²) in [5.41, 5.74) is 2.17. The minimum Gasteiger partial charge on any atom is -0.494 e. The molecule has 0 aliphatic carbocycles. The fraction of sp³-hybridized carbons (Fsp3) is 0.188. The summed E-state index contributed by atoms with van der Waals surface area (Å²) in [6.45, 7) is 4.47. The molecule has 0 saturated carbocycles. The molecule has 0 atom stereocenters. The fourth-order valence-electron chi connectivity index (χ4n) is 1.83. The smallest absolute Gasteiger partial charge is 0.194 e. The summed E-state index contributed by atoms with van der Waals surface area (Å²) in [5.74, 6) is 0.683. The summed E-state index contributed by atoms with van der Waals surface area (Å²) >= 11 is 6.11. The van der Waals surface area contributed by atoms with Crippen LogP contribution in [0.1, 0.15) is 28.4 Å². The number of aryl methyl sites for hydroxylation is 1. The van der Waals surface area contributed by atoms with Gasteiger partial charge in [-0.05, 0) is 55.8 Å². The topological polar surface area (TPSA) is 26.3 Å². The zero-order chi connectivity index (χ0) is 13.8. The monoisotopic (exact) mass is 274 g/mol. The molecule has 2 aromatic rings. The van der Waals surface area contributed by atoms with Gasteiger partial charge in [0, 0.05) is 11.1 Å². The quantitative estimate of drug-likeness (QED) is 0.778. The predicted molar refractivity (Wildman–Crippen MR) is 77.2 cm³/mol. The van der Waals surface area contributed by atoms with Gasteiger partial charge < -0.3 is 4.74 Å². The number of carbonyl (C=O) groups is 1. The van der Waals surface area contributed by atoms with Gasteiger partial charge in [-0.15, -0.1) is 0 Å². The van der Waals surface area contributed by atoms with E-state index in [0.717, 1.165) is 11.3 Å². The Morgan fingerprint density at radius 2 is 1.84 bits per heavy atom. The van der Waals surface area contributed by atoms with Crippen LogP contribution in [0.2, 0.25) is 5.02 Å². The minimum atomic E-state index is -0.0759. The van der Waals surface area contributed by atoms with Gasteiger partial charge in [-0.2, -0.15) is 0 Å². The van der Waals surface area contributed by atoms with E-state index in [1.165, 1.54) is 0 Å². The van der Waals surface area contributed by atoms with Crippen molar-refractivity contribution in [2.24, 2.45) is 0 Å². The van der Waals surface area contributed by atoms with E-state index in [2.05, 4.69) is 0 Å². The lowest BCUT2D eigenvalue weighted by Crippen LogP contribution is -2.02. The van der Waals surface area contributed by atoms with Gasteiger partial charge in [0.05, 0.1) is 11.6 Å². The van der Waals surface area contributed by atoms with Crippen molar-refractivity contribution in [3.8, 4) is 5.75 Å². The summed E-state index contributed by atoms with van der Waals surface area (Å²) in [4.78, 5) is 12.3. The molecule has 0 aliphatic heterocycles. The molecule has 0 bridgehead atoms. The number of rotatable bonds is 4. The average Bonchev–Trinajstić information content (AvgIpc) is 2.39. The third-order valence-electron chi connectivity index (χ3n) is 2.80. The lowest BCUT2D eigenvalue weighted by molar-refractivity contribution is 0.103. The number of ether oxygens (including phenoxy) is 1. The first-order valence-electron chi connectivity index (χ1n) is 6.15. The molecule has 3 heteroatoms. The second-order valence-corrected chi connectivity index (χ2v) is 4.68. The summed E-state index contributed by atoms with van der Waals surface area (Å²) in [6, 6.07) is 12.5. The highest BCUT2D eigenvalue weighted by atomic mass is 35.5. The van der Waals surface area contributed by atoms with Crippen LogP contribution in [-0.4, -0.2) is 12.4 Å². The first kappa shape index (κ1) is 13.6. The van der Waals surface area contributed by atoms with Crippen molar-refractivity contribution in [1.29, 1.82) is 0 Å². The largest absolute Gasteiger partial charge is 0.494 e. The first-order chi connectivity index (χ1) is 9.11. The van der Waals surface area contributed by atoms with E-state index < -0.39 is 0 Å². The fourth-order valence-corrected chi connectivity index (χ4v) is 2.15. The van der Waals surface area contributed by atoms with Crippen LogP contribution in [0.15, 0.2) is 42.5 Å². The maximum atomic E-state index is 12.3. The summed E-state index contributed by atoms with van der Waals surface area (Å²) in [6.07, 6.45) is 0. The number of carbonyl (C=O) groups excluding carboxylic acids is 1. The van der Waals surface area contributed by atoms with E-state index in [1.807, 2.05) is 19.9 Å². The Balaban J connectivity index is 2.28. The maximum absolute atomic E-state index is 12.3. The molecule has 0 radical (unpaired) electrons. The van der Waals surface area contributed by atoms with Crippen molar-refractivity contribution < 1.29 is 9.53 Å². The van der Waals surface area contributed by atoms with Crippen molar-refractivity contribution in [3.05, 3.63) is 64.2 Å². The zero-order valence-electron chi connectivity index (χ0n) is 10.9. The Hall–Kier alpha value is -1.80. The van der Waals surface area contributed by atoms with Gasteiger partial charge in [0.15, 0.2) is 5.78 Å². The van der Waals surface area contributed by atoms with Gasteiger partial charge in [-0.3, -0.25) is 4.79 Å². The lowest BCUT2D eigenvalue weighted by atomic mass is 10.0. The molecule has 0 fully saturated rings. The van der Waals surface area contributed by atoms with Crippen LogP contribution >= 0.6 is 11.6 Å². The van der Waals surface area contributed by atoms with Crippen molar-refractivity contribution in [2.45, 2.75) is 13.8 Å². The zero-order valence-corrected chi connectivity index (χ0v) is 11.7. The molecule has 0 N–H and O–H groups in total. The Bertz CT molecular complexity index is 588. The normalized spacial score (nSPS) is 10.3. The van der Waals surface area contributed by atoms with Crippen LogP contribution in [0, 0.1) is 6.92 Å². The highest BCUT2D eigenvalue weighted by Crippen LogP contribution is 2.22. The van der Waals surface area contributed by atoms with Gasteiger partial charge in [0.1, 0.15) is 5.75 Å². The number of halogens is 1. The Morgan fingerprint density at radius 1 is 1.16 bits per heavy atom. The Morgan fingerprint density at radius 3 is 2.42 bits per heavy atom. The molecular weight excluding hydrogens is 260 g/mol. The van der Waals surface area contributed by atoms with Crippen molar-refractivity contribution in [2.75, 3.05) is 6.61 Å². The molecule has 0 unspecified atom stereocenters. The molecule has 2 rings (SSSR count). The van der Waals surface area contributed by atoms with Gasteiger partial charge >= 0.3 is 0 Å². The van der Waals surface area contributed by atoms with E-state index in [0.29, 0.717) is 22.8 Å². The number of ketones is 1. The van der Waals surface area contributed by atoms with E-state index in [4.69, 9.17) is 16.3 Å². The van der Waals surface area contributed by atoms with Crippen LogP contribution in [-0.2, 0) is 0 Å². The van der Waals surface area contributed by atoms with Crippen molar-refractivity contribution in [3.63, 3.8) is 0 Å². The van der Waals surface area contributed by atoms with Crippen LogP contribution < -0.4 is 4.74 Å². The third-order valence-corrected chi connectivity index (χ3v) is 3.11. The van der Waals surface area contributed by atoms with E-state index in [1.54, 1.807) is 36.4 Å². The molecule has 0 saturated heterocycles. The minimum absolute atomic E-state index is 0.0759. The maximum Gasteiger partial charge on any atom is 0.194 e. The highest BCUT2D eigenvalue weighted by Gasteiger charge is 2.12. The molecule has 19 heavy (non-hydrogen) atoms. The van der Waals surface area contributed by atoms with Crippen molar-refractivity contribution in [1.82, 2.24) is 0 Å². The van der Waals surface area contributed by atoms with E-state index in [9.17, 15) is 4.79 Å². The molecule has 0 aromatic heterocycles. The average molecular weight is 275 g/mol. The molecule has 2 aromatic carbocycles. The standard InChI is InChI=1S/C16H15ClO2/c1-3-19-13-7-5-12(6-8-13)16(18)14-9-4-11(2)10-15(14)17/h4-10H,3H2,1-2H3. The van der Waals surface area contributed by atoms with Crippen LogP contribution in [0.3, 0.4) is 0 Å². The van der Waals surface area contributed by atoms with E-state index in [-0.39, 0.29) is 5.78 Å². The molecule has 2 nitrogen and oxygen atoms in total. The summed E-state index contributed by atoms with van der Waals surface area (Å²) in [5, 5.41) is 0.485. The van der Waals surface area contributed by atoms with Crippen molar-refractivity contribution >= 4 is 17.4 Å². The SMILES string of the molecule is CCOc1ccc(C(=O)c2ccc(C)cc2Cl)cc1. The summed E-state index contributed by atoms with van der Waals surface area (Å²) < 4.78 is 5.35. The van der Waals surface area contributed by atoms with Gasteiger partial charge in [-0.25, -0.2) is 0 Å². The molecular formula is C16H15ClO2. The Labute approximate surface area is 118 Å². The van der Waals surface area contributed by atoms with Crippen LogP contribution in [0.25, 0.3) is 0 Å². The molecule has 98 valence electrons. The molecule has 0 spiro atoms. The van der Waals surface area contributed by atoms with Gasteiger partial charge in [-0.1, -0.05) is 17.7 Å². The van der Waals surface area contributed by atoms with Gasteiger partial charge in [0.2, 0.25) is 0 Å². The predicted octanol–water partition coefficient (Wildman–Crippen LogP) is 4.28. The second-order valence-electron chi connectivity index (χ2n) is 4.27. The number of hydrogen-bond acceptors (Lipinski definition) is 2.